The molecule has 0 saturated carbocycles. The van der Waals surface area contributed by atoms with Crippen molar-refractivity contribution < 1.29 is 4.92 Å². The number of rotatable bonds is 4. The van der Waals surface area contributed by atoms with E-state index in [2.05, 4.69) is 21.4 Å². The van der Waals surface area contributed by atoms with E-state index in [4.69, 9.17) is 0 Å². The van der Waals surface area contributed by atoms with Gasteiger partial charge in [-0.3, -0.25) is 15.5 Å². The number of fused-ring (bicyclic) bond motifs is 1. The zero-order valence-corrected chi connectivity index (χ0v) is 11.0. The van der Waals surface area contributed by atoms with Crippen molar-refractivity contribution in [2.45, 2.75) is 6.17 Å². The molecule has 0 spiro atoms. The molecule has 0 aromatic heterocycles. The molecule has 106 valence electrons. The van der Waals surface area contributed by atoms with E-state index >= 15 is 0 Å². The zero-order valence-electron chi connectivity index (χ0n) is 11.0. The van der Waals surface area contributed by atoms with E-state index in [9.17, 15) is 10.1 Å². The first kappa shape index (κ1) is 13.1. The quantitative estimate of drug-likeness (QED) is 0.454. The van der Waals surface area contributed by atoms with Gasteiger partial charge in [0.05, 0.1) is 11.1 Å². The van der Waals surface area contributed by atoms with Gasteiger partial charge in [0.2, 0.25) is 0 Å². The summed E-state index contributed by atoms with van der Waals surface area (Å²) >= 11 is 0. The molecule has 1 aliphatic rings. The van der Waals surface area contributed by atoms with Gasteiger partial charge >= 0.3 is 0 Å². The summed E-state index contributed by atoms with van der Waals surface area (Å²) < 4.78 is 0. The molecule has 1 heterocycles. The Bertz CT molecular complexity index is 687. The predicted octanol–water partition coefficient (Wildman–Crippen LogP) is 2.15. The van der Waals surface area contributed by atoms with E-state index in [1.165, 1.54) is 6.07 Å². The fourth-order valence-corrected chi connectivity index (χ4v) is 2.14. The van der Waals surface area contributed by atoms with Crippen LogP contribution in [0.5, 0.6) is 0 Å². The van der Waals surface area contributed by atoms with E-state index < -0.39 is 4.92 Å². The van der Waals surface area contributed by atoms with Crippen molar-refractivity contribution in [2.75, 3.05) is 5.43 Å². The number of nitro groups is 1. The first-order valence-electron chi connectivity index (χ1n) is 6.38. The molecule has 2 aromatic carbocycles. The van der Waals surface area contributed by atoms with Crippen LogP contribution < -0.4 is 16.3 Å². The fraction of sp³-hybridized carbons (Fsp3) is 0.0714. The first-order valence-corrected chi connectivity index (χ1v) is 6.38. The van der Waals surface area contributed by atoms with E-state index in [1.54, 1.807) is 12.3 Å². The third-order valence-electron chi connectivity index (χ3n) is 3.14. The van der Waals surface area contributed by atoms with E-state index in [-0.39, 0.29) is 11.9 Å². The smallest absolute Gasteiger partial charge is 0.294 e. The Morgan fingerprint density at radius 2 is 2.00 bits per heavy atom. The molecule has 0 fully saturated rings. The second kappa shape index (κ2) is 5.59. The number of para-hydroxylation sites is 1. The molecule has 3 N–H and O–H groups in total. The fourth-order valence-electron chi connectivity index (χ4n) is 2.14. The van der Waals surface area contributed by atoms with E-state index in [0.717, 1.165) is 11.1 Å². The van der Waals surface area contributed by atoms with Crippen LogP contribution in [0.1, 0.15) is 17.3 Å². The molecule has 3 rings (SSSR count). The highest BCUT2D eigenvalue weighted by Gasteiger charge is 2.28. The molecule has 21 heavy (non-hydrogen) atoms. The lowest BCUT2D eigenvalue weighted by Gasteiger charge is -2.09. The lowest BCUT2D eigenvalue weighted by atomic mass is 10.1. The third kappa shape index (κ3) is 2.67. The van der Waals surface area contributed by atoms with Crippen LogP contribution in [-0.2, 0) is 0 Å². The largest absolute Gasteiger partial charge is 0.313 e. The molecular formula is C14H13N5O2. The molecule has 1 aliphatic heterocycles. The molecule has 7 heteroatoms. The summed E-state index contributed by atoms with van der Waals surface area (Å²) in [5, 5.41) is 15.1. The van der Waals surface area contributed by atoms with Gasteiger partial charge in [-0.1, -0.05) is 42.5 Å². The van der Waals surface area contributed by atoms with Crippen LogP contribution in [-0.4, -0.2) is 11.1 Å². The number of nitrogens with one attached hydrogen (secondary N) is 3. The van der Waals surface area contributed by atoms with Gasteiger partial charge < -0.3 is 5.43 Å². The number of anilines is 1. The van der Waals surface area contributed by atoms with Gasteiger partial charge in [-0.15, -0.1) is 0 Å². The van der Waals surface area contributed by atoms with Gasteiger partial charge in [0.25, 0.3) is 5.69 Å². The zero-order chi connectivity index (χ0) is 14.7. The topological polar surface area (TPSA) is 91.6 Å². The Morgan fingerprint density at radius 1 is 1.19 bits per heavy atom. The van der Waals surface area contributed by atoms with Crippen LogP contribution in [0.2, 0.25) is 0 Å². The summed E-state index contributed by atoms with van der Waals surface area (Å²) in [6.45, 7) is 0. The number of hydrazine groups is 1. The summed E-state index contributed by atoms with van der Waals surface area (Å²) in [7, 11) is 0. The van der Waals surface area contributed by atoms with Gasteiger partial charge in [0.15, 0.2) is 0 Å². The van der Waals surface area contributed by atoms with Gasteiger partial charge in [0, 0.05) is 11.6 Å². The Balaban J connectivity index is 1.75. The molecule has 0 saturated heterocycles. The van der Waals surface area contributed by atoms with Crippen LogP contribution in [0.15, 0.2) is 53.6 Å². The van der Waals surface area contributed by atoms with Crippen molar-refractivity contribution >= 4 is 17.6 Å². The second-order valence-electron chi connectivity index (χ2n) is 4.50. The minimum Gasteiger partial charge on any atom is -0.313 e. The highest BCUT2D eigenvalue weighted by atomic mass is 16.6. The first-order chi connectivity index (χ1) is 10.3. The average molecular weight is 283 g/mol. The lowest BCUT2D eigenvalue weighted by Crippen LogP contribution is -2.28. The Morgan fingerprint density at radius 3 is 2.76 bits per heavy atom. The Kier molecular flexibility index (Phi) is 3.48. The standard InChI is InChI=1S/C14H13N5O2/c20-19(21)12-8-4-7-11-13(12)16-18-14(11)17-15-9-10-5-2-1-3-6-10/h1-9,14,16-18H/b15-9+. The summed E-state index contributed by atoms with van der Waals surface area (Å²) in [6.07, 6.45) is 1.37. The summed E-state index contributed by atoms with van der Waals surface area (Å²) in [4.78, 5) is 10.5. The Labute approximate surface area is 120 Å². The minimum atomic E-state index is -0.414. The highest BCUT2D eigenvalue weighted by Crippen LogP contribution is 2.34. The maximum absolute atomic E-state index is 11.0. The van der Waals surface area contributed by atoms with E-state index in [0.29, 0.717) is 5.69 Å². The van der Waals surface area contributed by atoms with Gasteiger partial charge in [-0.25, -0.2) is 5.43 Å². The van der Waals surface area contributed by atoms with Gasteiger partial charge in [-0.05, 0) is 5.56 Å². The molecule has 2 aromatic rings. The number of hydrogen-bond donors (Lipinski definition) is 3. The molecule has 0 bridgehead atoms. The maximum Gasteiger partial charge on any atom is 0.294 e. The van der Waals surface area contributed by atoms with E-state index in [1.807, 2.05) is 36.4 Å². The van der Waals surface area contributed by atoms with Crippen molar-refractivity contribution in [1.82, 2.24) is 10.9 Å². The van der Waals surface area contributed by atoms with Crippen molar-refractivity contribution in [1.29, 1.82) is 0 Å². The van der Waals surface area contributed by atoms with Crippen molar-refractivity contribution in [3.05, 3.63) is 69.8 Å². The molecular weight excluding hydrogens is 270 g/mol. The van der Waals surface area contributed by atoms with Crippen LogP contribution in [0.4, 0.5) is 11.4 Å². The minimum absolute atomic E-state index is 0.0383. The number of benzene rings is 2. The predicted molar refractivity (Wildman–Crippen MR) is 79.8 cm³/mol. The summed E-state index contributed by atoms with van der Waals surface area (Å²) in [6, 6.07) is 14.6. The highest BCUT2D eigenvalue weighted by molar-refractivity contribution is 5.79. The Hall–Kier alpha value is -2.93. The van der Waals surface area contributed by atoms with Crippen molar-refractivity contribution in [2.24, 2.45) is 5.10 Å². The number of hydrogen-bond acceptors (Lipinski definition) is 6. The summed E-state index contributed by atoms with van der Waals surface area (Å²) in [5.41, 5.74) is 10.9. The summed E-state index contributed by atoms with van der Waals surface area (Å²) in [5.74, 6) is 0. The number of hydrazone groups is 1. The monoisotopic (exact) mass is 283 g/mol. The van der Waals surface area contributed by atoms with Gasteiger partial charge in [0.1, 0.15) is 11.9 Å². The molecule has 7 nitrogen and oxygen atoms in total. The lowest BCUT2D eigenvalue weighted by molar-refractivity contribution is -0.384. The van der Waals surface area contributed by atoms with Crippen LogP contribution in [0.25, 0.3) is 0 Å². The molecule has 0 radical (unpaired) electrons. The average Bonchev–Trinajstić information content (AvgIpc) is 2.91. The van der Waals surface area contributed by atoms with Gasteiger partial charge in [-0.2, -0.15) is 5.10 Å². The second-order valence-corrected chi connectivity index (χ2v) is 4.50. The maximum atomic E-state index is 11.0. The van der Waals surface area contributed by atoms with Crippen LogP contribution in [0, 0.1) is 10.1 Å². The third-order valence-corrected chi connectivity index (χ3v) is 3.14. The van der Waals surface area contributed by atoms with Crippen LogP contribution >= 0.6 is 0 Å². The molecule has 0 amide bonds. The van der Waals surface area contributed by atoms with Crippen LogP contribution in [0.3, 0.4) is 0 Å². The van der Waals surface area contributed by atoms with Crippen molar-refractivity contribution in [3.63, 3.8) is 0 Å². The number of nitro benzene ring substituents is 1. The normalized spacial score (nSPS) is 16.5. The van der Waals surface area contributed by atoms with Crippen molar-refractivity contribution in [3.8, 4) is 0 Å². The molecule has 0 aliphatic carbocycles. The number of nitrogens with zero attached hydrogens (tertiary/aromatic N) is 2. The molecule has 1 unspecified atom stereocenters. The SMILES string of the molecule is O=[N+]([O-])c1cccc2c1NNC2N/N=C/c1ccccc1. The molecule has 1 atom stereocenters.